The van der Waals surface area contributed by atoms with Crippen LogP contribution in [0.15, 0.2) is 21.7 Å². The van der Waals surface area contributed by atoms with Gasteiger partial charge in [-0.1, -0.05) is 26.8 Å². The van der Waals surface area contributed by atoms with Crippen molar-refractivity contribution in [3.8, 4) is 0 Å². The number of thioether (sulfide) groups is 1. The van der Waals surface area contributed by atoms with Crippen LogP contribution in [0.2, 0.25) is 0 Å². The third-order valence-electron chi connectivity index (χ3n) is 4.42. The SMILES string of the molecule is CC(C)(C)C(C)(Sc1cccs1)C1CCNCC1. The number of hydrogen-bond acceptors (Lipinski definition) is 3. The molecule has 0 aliphatic carbocycles. The molecule has 0 saturated carbocycles. The van der Waals surface area contributed by atoms with E-state index in [1.165, 1.54) is 30.1 Å². The summed E-state index contributed by atoms with van der Waals surface area (Å²) in [5.41, 5.74) is 0.323. The molecule has 1 nitrogen and oxygen atoms in total. The molecule has 1 aromatic rings. The molecule has 1 aromatic heterocycles. The highest BCUT2D eigenvalue weighted by Crippen LogP contribution is 2.53. The summed E-state index contributed by atoms with van der Waals surface area (Å²) < 4.78 is 1.78. The van der Waals surface area contributed by atoms with Crippen LogP contribution in [-0.2, 0) is 0 Å². The molecule has 2 heterocycles. The van der Waals surface area contributed by atoms with Crippen molar-refractivity contribution in [2.24, 2.45) is 11.3 Å². The Labute approximate surface area is 120 Å². The van der Waals surface area contributed by atoms with Crippen molar-refractivity contribution in [3.63, 3.8) is 0 Å². The summed E-state index contributed by atoms with van der Waals surface area (Å²) in [5.74, 6) is 0.811. The second kappa shape index (κ2) is 5.56. The second-order valence-corrected chi connectivity index (χ2v) is 9.11. The number of nitrogens with one attached hydrogen (secondary N) is 1. The van der Waals surface area contributed by atoms with Gasteiger partial charge in [-0.3, -0.25) is 0 Å². The average Bonchev–Trinajstić information content (AvgIpc) is 2.81. The summed E-state index contributed by atoms with van der Waals surface area (Å²) in [4.78, 5) is 0. The minimum Gasteiger partial charge on any atom is -0.317 e. The molecule has 1 N–H and O–H groups in total. The molecule has 18 heavy (non-hydrogen) atoms. The summed E-state index contributed by atoms with van der Waals surface area (Å²) in [6, 6.07) is 4.43. The predicted molar refractivity (Wildman–Crippen MR) is 83.6 cm³/mol. The maximum Gasteiger partial charge on any atom is 0.0604 e. The van der Waals surface area contributed by atoms with Gasteiger partial charge in [0.15, 0.2) is 0 Å². The molecule has 2 rings (SSSR count). The highest BCUT2D eigenvalue weighted by atomic mass is 32.2. The Morgan fingerprint density at radius 1 is 1.22 bits per heavy atom. The van der Waals surface area contributed by atoms with Crippen molar-refractivity contribution in [2.75, 3.05) is 13.1 Å². The van der Waals surface area contributed by atoms with Crippen LogP contribution in [-0.4, -0.2) is 17.8 Å². The lowest BCUT2D eigenvalue weighted by Gasteiger charge is -2.48. The first-order valence-electron chi connectivity index (χ1n) is 6.87. The van der Waals surface area contributed by atoms with E-state index in [2.05, 4.69) is 62.3 Å². The van der Waals surface area contributed by atoms with Crippen molar-refractivity contribution >= 4 is 23.1 Å². The first-order chi connectivity index (χ1) is 8.43. The summed E-state index contributed by atoms with van der Waals surface area (Å²) in [5, 5.41) is 5.68. The molecule has 0 aromatic carbocycles. The number of rotatable bonds is 3. The lowest BCUT2D eigenvalue weighted by Crippen LogP contribution is -2.47. The highest BCUT2D eigenvalue weighted by Gasteiger charge is 2.45. The predicted octanol–water partition coefficient (Wildman–Crippen LogP) is 4.64. The van der Waals surface area contributed by atoms with Gasteiger partial charge in [0.25, 0.3) is 0 Å². The van der Waals surface area contributed by atoms with E-state index in [0.29, 0.717) is 10.2 Å². The van der Waals surface area contributed by atoms with E-state index in [-0.39, 0.29) is 0 Å². The van der Waals surface area contributed by atoms with Gasteiger partial charge in [-0.25, -0.2) is 0 Å². The normalized spacial score (nSPS) is 21.8. The van der Waals surface area contributed by atoms with Crippen molar-refractivity contribution in [2.45, 2.75) is 49.5 Å². The summed E-state index contributed by atoms with van der Waals surface area (Å²) in [6.07, 6.45) is 2.62. The Bertz CT molecular complexity index is 360. The third kappa shape index (κ3) is 2.94. The zero-order chi connectivity index (χ0) is 13.2. The Kier molecular flexibility index (Phi) is 4.45. The van der Waals surface area contributed by atoms with E-state index in [0.717, 1.165) is 5.92 Å². The standard InChI is InChI=1S/C15H25NS2/c1-14(2,3)15(4,12-7-9-16-10-8-12)18-13-6-5-11-17-13/h5-6,11-12,16H,7-10H2,1-4H3. The number of piperidine rings is 1. The molecule has 0 spiro atoms. The van der Waals surface area contributed by atoms with Crippen LogP contribution in [0, 0.1) is 11.3 Å². The molecule has 1 saturated heterocycles. The molecule has 102 valence electrons. The van der Waals surface area contributed by atoms with Gasteiger partial charge < -0.3 is 5.32 Å². The maximum atomic E-state index is 3.49. The average molecular weight is 284 g/mol. The molecule has 1 fully saturated rings. The molecule has 3 heteroatoms. The fraction of sp³-hybridized carbons (Fsp3) is 0.733. The zero-order valence-corrected chi connectivity index (χ0v) is 13.6. The second-order valence-electron chi connectivity index (χ2n) is 6.42. The monoisotopic (exact) mass is 283 g/mol. The Morgan fingerprint density at radius 3 is 2.39 bits per heavy atom. The van der Waals surface area contributed by atoms with Crippen LogP contribution in [0.5, 0.6) is 0 Å². The van der Waals surface area contributed by atoms with Gasteiger partial charge in [0, 0.05) is 4.75 Å². The fourth-order valence-corrected chi connectivity index (χ4v) is 5.35. The van der Waals surface area contributed by atoms with Crippen LogP contribution >= 0.6 is 23.1 Å². The Balaban J connectivity index is 2.22. The van der Waals surface area contributed by atoms with Crippen LogP contribution in [0.25, 0.3) is 0 Å². The van der Waals surface area contributed by atoms with Gasteiger partial charge in [0.1, 0.15) is 0 Å². The molecule has 0 radical (unpaired) electrons. The maximum absolute atomic E-state index is 3.49. The molecule has 0 amide bonds. The molecule has 1 aliphatic heterocycles. The first kappa shape index (κ1) is 14.4. The van der Waals surface area contributed by atoms with Gasteiger partial charge in [-0.05, 0) is 55.6 Å². The van der Waals surface area contributed by atoms with E-state index < -0.39 is 0 Å². The fourth-order valence-electron chi connectivity index (χ4n) is 2.75. The Morgan fingerprint density at radius 2 is 1.89 bits per heavy atom. The van der Waals surface area contributed by atoms with Gasteiger partial charge in [0.05, 0.1) is 4.21 Å². The highest BCUT2D eigenvalue weighted by molar-refractivity contribution is 8.02. The minimum absolute atomic E-state index is 0.319. The lowest BCUT2D eigenvalue weighted by molar-refractivity contribution is 0.181. The summed E-state index contributed by atoms with van der Waals surface area (Å²) in [7, 11) is 0. The zero-order valence-electron chi connectivity index (χ0n) is 12.0. The number of thiophene rings is 1. The first-order valence-corrected chi connectivity index (χ1v) is 8.56. The smallest absolute Gasteiger partial charge is 0.0604 e. The number of hydrogen-bond donors (Lipinski definition) is 1. The van der Waals surface area contributed by atoms with E-state index >= 15 is 0 Å². The van der Waals surface area contributed by atoms with Gasteiger partial charge >= 0.3 is 0 Å². The van der Waals surface area contributed by atoms with Crippen LogP contribution in [0.1, 0.15) is 40.5 Å². The van der Waals surface area contributed by atoms with Crippen LogP contribution < -0.4 is 5.32 Å². The van der Waals surface area contributed by atoms with Crippen LogP contribution in [0.3, 0.4) is 0 Å². The van der Waals surface area contributed by atoms with E-state index in [4.69, 9.17) is 0 Å². The lowest BCUT2D eigenvalue weighted by atomic mass is 9.70. The molecule has 1 unspecified atom stereocenters. The Hall–Kier alpha value is 0.01000. The van der Waals surface area contributed by atoms with E-state index in [9.17, 15) is 0 Å². The van der Waals surface area contributed by atoms with Gasteiger partial charge in [-0.15, -0.1) is 23.1 Å². The van der Waals surface area contributed by atoms with Crippen molar-refractivity contribution in [1.29, 1.82) is 0 Å². The van der Waals surface area contributed by atoms with Crippen molar-refractivity contribution in [1.82, 2.24) is 5.32 Å². The third-order valence-corrected chi connectivity index (χ3v) is 7.32. The summed E-state index contributed by atoms with van der Waals surface area (Å²) in [6.45, 7) is 12.0. The quantitative estimate of drug-likeness (QED) is 0.811. The summed E-state index contributed by atoms with van der Waals surface area (Å²) >= 11 is 3.98. The topological polar surface area (TPSA) is 12.0 Å². The minimum atomic E-state index is 0.319. The largest absolute Gasteiger partial charge is 0.317 e. The molecule has 1 atom stereocenters. The molecule has 1 aliphatic rings. The van der Waals surface area contributed by atoms with E-state index in [1.54, 1.807) is 0 Å². The van der Waals surface area contributed by atoms with Crippen molar-refractivity contribution < 1.29 is 0 Å². The molecular weight excluding hydrogens is 258 g/mol. The van der Waals surface area contributed by atoms with Gasteiger partial charge in [-0.2, -0.15) is 0 Å². The van der Waals surface area contributed by atoms with Crippen molar-refractivity contribution in [3.05, 3.63) is 17.5 Å². The van der Waals surface area contributed by atoms with E-state index in [1.807, 2.05) is 11.3 Å². The van der Waals surface area contributed by atoms with Gasteiger partial charge in [0.2, 0.25) is 0 Å². The molecule has 0 bridgehead atoms. The van der Waals surface area contributed by atoms with Crippen LogP contribution in [0.4, 0.5) is 0 Å². The molecular formula is C15H25NS2.